The van der Waals surface area contributed by atoms with Crippen molar-refractivity contribution in [3.63, 3.8) is 0 Å². The van der Waals surface area contributed by atoms with Gasteiger partial charge in [-0.15, -0.1) is 11.3 Å². The smallest absolute Gasteiger partial charge is 0.250 e. The van der Waals surface area contributed by atoms with Gasteiger partial charge >= 0.3 is 0 Å². The van der Waals surface area contributed by atoms with Crippen LogP contribution in [0.4, 0.5) is 5.69 Å². The number of anilines is 1. The van der Waals surface area contributed by atoms with Crippen LogP contribution < -0.4 is 10.1 Å². The molecule has 0 spiro atoms. The molecule has 1 heterocycles. The van der Waals surface area contributed by atoms with Crippen molar-refractivity contribution in [2.24, 2.45) is 0 Å². The molecular formula is C19H20N2O3S. The molecular weight excluding hydrogens is 336 g/mol. The maximum atomic E-state index is 11.7. The Labute approximate surface area is 150 Å². The van der Waals surface area contributed by atoms with E-state index in [4.69, 9.17) is 9.47 Å². The summed E-state index contributed by atoms with van der Waals surface area (Å²) in [6, 6.07) is 13.6. The first-order valence-corrected chi connectivity index (χ1v) is 8.93. The highest BCUT2D eigenvalue weighted by Crippen LogP contribution is 2.25. The summed E-state index contributed by atoms with van der Waals surface area (Å²) < 4.78 is 12.1. The standard InChI is InChI=1S/C19H20N2O3S/c1-3-23-11-18(22)20-15-9-8-14(10-13(15)2)24-12-19-21-16-6-4-5-7-17(16)25-19/h4-10H,3,11-12H2,1-2H3,(H,20,22). The van der Waals surface area contributed by atoms with Gasteiger partial charge in [0.15, 0.2) is 0 Å². The number of aromatic nitrogens is 1. The average molecular weight is 356 g/mol. The highest BCUT2D eigenvalue weighted by atomic mass is 32.1. The first kappa shape index (κ1) is 17.4. The van der Waals surface area contributed by atoms with Crippen LogP contribution in [0.5, 0.6) is 5.75 Å². The van der Waals surface area contributed by atoms with E-state index in [-0.39, 0.29) is 12.5 Å². The largest absolute Gasteiger partial charge is 0.486 e. The summed E-state index contributed by atoms with van der Waals surface area (Å²) in [6.07, 6.45) is 0. The Morgan fingerprint density at radius 2 is 2.08 bits per heavy atom. The Morgan fingerprint density at radius 3 is 2.84 bits per heavy atom. The van der Waals surface area contributed by atoms with Crippen LogP contribution in [0.1, 0.15) is 17.5 Å². The SMILES string of the molecule is CCOCC(=O)Nc1ccc(OCc2nc3ccccc3s2)cc1C. The normalized spacial score (nSPS) is 10.8. The van der Waals surface area contributed by atoms with E-state index in [2.05, 4.69) is 16.4 Å². The predicted molar refractivity (Wildman–Crippen MR) is 100 cm³/mol. The van der Waals surface area contributed by atoms with Gasteiger partial charge < -0.3 is 14.8 Å². The van der Waals surface area contributed by atoms with Gasteiger partial charge in [0, 0.05) is 12.3 Å². The fourth-order valence-electron chi connectivity index (χ4n) is 2.37. The number of rotatable bonds is 7. The number of benzene rings is 2. The Balaban J connectivity index is 1.61. The van der Waals surface area contributed by atoms with Crippen molar-refractivity contribution in [3.8, 4) is 5.75 Å². The molecule has 5 nitrogen and oxygen atoms in total. The average Bonchev–Trinajstić information content (AvgIpc) is 3.03. The lowest BCUT2D eigenvalue weighted by molar-refractivity contribution is -0.120. The van der Waals surface area contributed by atoms with Crippen molar-refractivity contribution in [3.05, 3.63) is 53.0 Å². The molecule has 1 aromatic heterocycles. The fraction of sp³-hybridized carbons (Fsp3) is 0.263. The molecule has 25 heavy (non-hydrogen) atoms. The molecule has 3 aromatic rings. The third-order valence-corrected chi connectivity index (χ3v) is 4.62. The number of hydrogen-bond acceptors (Lipinski definition) is 5. The summed E-state index contributed by atoms with van der Waals surface area (Å²) in [5.41, 5.74) is 2.69. The van der Waals surface area contributed by atoms with E-state index >= 15 is 0 Å². The zero-order valence-corrected chi connectivity index (χ0v) is 15.1. The topological polar surface area (TPSA) is 60.5 Å². The maximum absolute atomic E-state index is 11.7. The Kier molecular flexibility index (Phi) is 5.63. The molecule has 130 valence electrons. The molecule has 2 aromatic carbocycles. The first-order chi connectivity index (χ1) is 12.2. The van der Waals surface area contributed by atoms with Crippen molar-refractivity contribution in [2.45, 2.75) is 20.5 Å². The molecule has 3 rings (SSSR count). The van der Waals surface area contributed by atoms with Crippen LogP contribution in [0.15, 0.2) is 42.5 Å². The third-order valence-electron chi connectivity index (χ3n) is 3.61. The number of carbonyl (C=O) groups is 1. The van der Waals surface area contributed by atoms with Gasteiger partial charge in [-0.2, -0.15) is 0 Å². The summed E-state index contributed by atoms with van der Waals surface area (Å²) in [7, 11) is 0. The van der Waals surface area contributed by atoms with Gasteiger partial charge in [0.2, 0.25) is 5.91 Å². The van der Waals surface area contributed by atoms with Crippen LogP contribution in [0, 0.1) is 6.92 Å². The van der Waals surface area contributed by atoms with Gasteiger partial charge in [-0.3, -0.25) is 4.79 Å². The number of aryl methyl sites for hydroxylation is 1. The monoisotopic (exact) mass is 356 g/mol. The zero-order chi connectivity index (χ0) is 17.6. The lowest BCUT2D eigenvalue weighted by Crippen LogP contribution is -2.18. The molecule has 0 fully saturated rings. The Hall–Kier alpha value is -2.44. The van der Waals surface area contributed by atoms with Crippen molar-refractivity contribution in [1.29, 1.82) is 0 Å². The van der Waals surface area contributed by atoms with Gasteiger partial charge in [0.05, 0.1) is 10.2 Å². The minimum Gasteiger partial charge on any atom is -0.486 e. The molecule has 1 amide bonds. The molecule has 0 saturated carbocycles. The predicted octanol–water partition coefficient (Wildman–Crippen LogP) is 4.16. The molecule has 0 aliphatic carbocycles. The number of para-hydroxylation sites is 1. The van der Waals surface area contributed by atoms with Crippen LogP contribution in [-0.4, -0.2) is 24.1 Å². The van der Waals surface area contributed by atoms with Crippen LogP contribution in [0.25, 0.3) is 10.2 Å². The van der Waals surface area contributed by atoms with Crippen molar-refractivity contribution in [1.82, 2.24) is 4.98 Å². The Bertz CT molecular complexity index is 843. The van der Waals surface area contributed by atoms with Crippen LogP contribution in [-0.2, 0) is 16.1 Å². The highest BCUT2D eigenvalue weighted by Gasteiger charge is 2.07. The number of nitrogens with one attached hydrogen (secondary N) is 1. The van der Waals surface area contributed by atoms with Gasteiger partial charge in [-0.1, -0.05) is 12.1 Å². The number of amides is 1. The van der Waals surface area contributed by atoms with Gasteiger partial charge in [0.25, 0.3) is 0 Å². The van der Waals surface area contributed by atoms with E-state index in [1.807, 2.05) is 50.2 Å². The lowest BCUT2D eigenvalue weighted by atomic mass is 10.2. The first-order valence-electron chi connectivity index (χ1n) is 8.11. The number of ether oxygens (including phenoxy) is 2. The molecule has 0 radical (unpaired) electrons. The number of hydrogen-bond donors (Lipinski definition) is 1. The van der Waals surface area contributed by atoms with E-state index in [0.717, 1.165) is 32.2 Å². The van der Waals surface area contributed by atoms with E-state index in [1.54, 1.807) is 11.3 Å². The summed E-state index contributed by atoms with van der Waals surface area (Å²) in [5.74, 6) is 0.590. The van der Waals surface area contributed by atoms with Gasteiger partial charge in [-0.05, 0) is 49.7 Å². The van der Waals surface area contributed by atoms with Crippen LogP contribution in [0.3, 0.4) is 0 Å². The van der Waals surface area contributed by atoms with E-state index in [0.29, 0.717) is 13.2 Å². The minimum atomic E-state index is -0.159. The summed E-state index contributed by atoms with van der Waals surface area (Å²) in [4.78, 5) is 16.3. The van der Waals surface area contributed by atoms with Crippen molar-refractivity contribution in [2.75, 3.05) is 18.5 Å². The minimum absolute atomic E-state index is 0.0613. The molecule has 1 N–H and O–H groups in total. The fourth-order valence-corrected chi connectivity index (χ4v) is 3.25. The number of thiazole rings is 1. The molecule has 0 aliphatic heterocycles. The number of nitrogens with zero attached hydrogens (tertiary/aromatic N) is 1. The van der Waals surface area contributed by atoms with Crippen molar-refractivity contribution < 1.29 is 14.3 Å². The summed E-state index contributed by atoms with van der Waals surface area (Å²) >= 11 is 1.63. The van der Waals surface area contributed by atoms with Crippen LogP contribution in [0.2, 0.25) is 0 Å². The molecule has 0 bridgehead atoms. The third kappa shape index (κ3) is 4.55. The Morgan fingerprint density at radius 1 is 1.24 bits per heavy atom. The molecule has 6 heteroatoms. The number of carbonyl (C=O) groups excluding carboxylic acids is 1. The van der Waals surface area contributed by atoms with Crippen LogP contribution >= 0.6 is 11.3 Å². The van der Waals surface area contributed by atoms with E-state index in [9.17, 15) is 4.79 Å². The summed E-state index contributed by atoms with van der Waals surface area (Å²) in [6.45, 7) is 4.79. The molecule has 0 aliphatic rings. The summed E-state index contributed by atoms with van der Waals surface area (Å²) in [5, 5.41) is 3.77. The molecule has 0 saturated heterocycles. The second-order valence-electron chi connectivity index (χ2n) is 5.53. The quantitative estimate of drug-likeness (QED) is 0.690. The number of fused-ring (bicyclic) bond motifs is 1. The zero-order valence-electron chi connectivity index (χ0n) is 14.2. The lowest BCUT2D eigenvalue weighted by Gasteiger charge is -2.11. The highest BCUT2D eigenvalue weighted by molar-refractivity contribution is 7.18. The molecule has 0 unspecified atom stereocenters. The second-order valence-corrected chi connectivity index (χ2v) is 6.64. The molecule has 0 atom stereocenters. The van der Waals surface area contributed by atoms with Crippen molar-refractivity contribution >= 4 is 33.1 Å². The second kappa shape index (κ2) is 8.09. The van der Waals surface area contributed by atoms with Gasteiger partial charge in [0.1, 0.15) is 24.0 Å². The van der Waals surface area contributed by atoms with E-state index in [1.165, 1.54) is 0 Å². The van der Waals surface area contributed by atoms with E-state index < -0.39 is 0 Å². The maximum Gasteiger partial charge on any atom is 0.250 e. The van der Waals surface area contributed by atoms with Gasteiger partial charge in [-0.25, -0.2) is 4.98 Å².